The van der Waals surface area contributed by atoms with Crippen LogP contribution in [0.3, 0.4) is 0 Å². The van der Waals surface area contributed by atoms with Crippen LogP contribution in [0.15, 0.2) is 109 Å². The fourth-order valence-electron chi connectivity index (χ4n) is 9.81. The molecule has 0 saturated carbocycles. The summed E-state index contributed by atoms with van der Waals surface area (Å²) in [5.41, 5.74) is 14.3. The van der Waals surface area contributed by atoms with Crippen molar-refractivity contribution in [2.24, 2.45) is 11.7 Å². The van der Waals surface area contributed by atoms with Gasteiger partial charge in [0.1, 0.15) is 12.2 Å². The molecule has 57 heavy (non-hydrogen) atoms. The third-order valence-corrected chi connectivity index (χ3v) is 12.9. The van der Waals surface area contributed by atoms with Crippen molar-refractivity contribution < 1.29 is 19.0 Å². The molecule has 4 aromatic rings. The lowest BCUT2D eigenvalue weighted by molar-refractivity contribution is -0.158. The quantitative estimate of drug-likeness (QED) is 0.115. The second-order valence-corrected chi connectivity index (χ2v) is 17.4. The number of amides is 2. The Bertz CT molecular complexity index is 1870. The number of urea groups is 1. The van der Waals surface area contributed by atoms with E-state index in [-0.39, 0.29) is 42.3 Å². The minimum absolute atomic E-state index is 0.00120. The van der Waals surface area contributed by atoms with Gasteiger partial charge in [-0.2, -0.15) is 0 Å². The number of unbranched alkanes of at least 4 members (excludes halogenated alkanes) is 2. The molecule has 2 heterocycles. The van der Waals surface area contributed by atoms with Crippen LogP contribution in [0.4, 0.5) is 4.79 Å². The molecule has 8 atom stereocenters. The highest BCUT2D eigenvalue weighted by molar-refractivity contribution is 5.76. The number of fused-ring (bicyclic) bond motifs is 2. The lowest BCUT2D eigenvalue weighted by atomic mass is 9.72. The molecular formula is C50H65N3O4. The minimum atomic E-state index is -0.809. The van der Waals surface area contributed by atoms with Crippen LogP contribution in [0.5, 0.6) is 0 Å². The Morgan fingerprint density at radius 2 is 1.49 bits per heavy atom. The molecule has 4 aromatic carbocycles. The van der Waals surface area contributed by atoms with Crippen LogP contribution in [0.2, 0.25) is 0 Å². The molecule has 7 rings (SSSR count). The highest BCUT2D eigenvalue weighted by Gasteiger charge is 2.56. The third kappa shape index (κ3) is 9.66. The number of nitrogens with zero attached hydrogens (tertiary/aromatic N) is 2. The zero-order valence-corrected chi connectivity index (χ0v) is 34.9. The number of hydrogen-bond donors (Lipinski definition) is 1. The summed E-state index contributed by atoms with van der Waals surface area (Å²) in [4.78, 5) is 19.9. The van der Waals surface area contributed by atoms with Crippen LogP contribution in [0, 0.1) is 5.92 Å². The van der Waals surface area contributed by atoms with E-state index in [2.05, 4.69) is 122 Å². The summed E-state index contributed by atoms with van der Waals surface area (Å²) in [7, 11) is 0. The monoisotopic (exact) mass is 771 g/mol. The standard InChI is InChI=1S/C50H65N3O4/c1-6-7-23-41-32-42-30-39(26-27-43(42)36(3)45(41)51)33-53-44(31-37-19-11-8-12-20-37)47-48(57-50(4,5)56-47)46(35(2)40-24-15-10-16-25-40)52(49(53)54)28-17-18-29-55-34-38-21-13-9-14-22-38/h8-16,19-22,24-27,30,35-36,41,44-48H,6-7,17-18,23,28-29,31-34,51H2,1-5H3/t35-,36?,41-,44-,45?,46-,47+,48+/m1/s1. The number of ether oxygens (including phenoxy) is 3. The summed E-state index contributed by atoms with van der Waals surface area (Å²) in [5, 5.41) is 0. The molecule has 1 aliphatic carbocycles. The van der Waals surface area contributed by atoms with Gasteiger partial charge in [-0.05, 0) is 91.2 Å². The van der Waals surface area contributed by atoms with Gasteiger partial charge in [-0.3, -0.25) is 0 Å². The molecule has 304 valence electrons. The summed E-state index contributed by atoms with van der Waals surface area (Å²) >= 11 is 0. The Balaban J connectivity index is 1.24. The number of nitrogens with two attached hydrogens (primary N) is 1. The SMILES string of the molecule is CCCC[C@@H]1Cc2cc(CN3C(=O)N(CCCCOCc4ccccc4)[C@H]([C@H](C)c4ccccc4)[C@@H]4OC(C)(C)O[C@H]4[C@H]3Cc3ccccc3)ccc2C(C)C1N. The molecule has 7 heteroatoms. The fourth-order valence-corrected chi connectivity index (χ4v) is 9.81. The first-order valence-corrected chi connectivity index (χ1v) is 21.6. The lowest BCUT2D eigenvalue weighted by Crippen LogP contribution is -2.53. The van der Waals surface area contributed by atoms with Crippen molar-refractivity contribution in [3.8, 4) is 0 Å². The Labute approximate surface area is 341 Å². The highest BCUT2D eigenvalue weighted by atomic mass is 16.8. The summed E-state index contributed by atoms with van der Waals surface area (Å²) < 4.78 is 20.1. The van der Waals surface area contributed by atoms with E-state index in [0.717, 1.165) is 31.2 Å². The van der Waals surface area contributed by atoms with Gasteiger partial charge in [0.15, 0.2) is 5.79 Å². The van der Waals surface area contributed by atoms with E-state index >= 15 is 4.79 Å². The van der Waals surface area contributed by atoms with Gasteiger partial charge in [-0.15, -0.1) is 0 Å². The molecule has 2 N–H and O–H groups in total. The van der Waals surface area contributed by atoms with Crippen molar-refractivity contribution in [3.63, 3.8) is 0 Å². The molecule has 0 radical (unpaired) electrons. The van der Waals surface area contributed by atoms with Crippen molar-refractivity contribution in [2.45, 2.75) is 141 Å². The minimum Gasteiger partial charge on any atom is -0.377 e. The number of carbonyl (C=O) groups excluding carboxylic acids is 1. The van der Waals surface area contributed by atoms with Crippen molar-refractivity contribution in [3.05, 3.63) is 143 Å². The molecule has 0 bridgehead atoms. The summed E-state index contributed by atoms with van der Waals surface area (Å²) in [5.74, 6) is -0.0420. The largest absolute Gasteiger partial charge is 0.377 e. The van der Waals surface area contributed by atoms with Gasteiger partial charge in [0.05, 0.1) is 18.7 Å². The Morgan fingerprint density at radius 1 is 0.825 bits per heavy atom. The van der Waals surface area contributed by atoms with Gasteiger partial charge in [-0.25, -0.2) is 4.79 Å². The van der Waals surface area contributed by atoms with E-state index in [4.69, 9.17) is 19.9 Å². The summed E-state index contributed by atoms with van der Waals surface area (Å²) in [6, 6.07) is 38.1. The van der Waals surface area contributed by atoms with Gasteiger partial charge in [0.25, 0.3) is 0 Å². The van der Waals surface area contributed by atoms with Crippen LogP contribution in [0.25, 0.3) is 0 Å². The third-order valence-electron chi connectivity index (χ3n) is 12.9. The smallest absolute Gasteiger partial charge is 0.321 e. The van der Waals surface area contributed by atoms with Crippen LogP contribution in [-0.4, -0.2) is 65.1 Å². The first kappa shape index (κ1) is 41.2. The van der Waals surface area contributed by atoms with Crippen LogP contribution in [0.1, 0.15) is 112 Å². The first-order chi connectivity index (χ1) is 27.6. The molecule has 2 fully saturated rings. The van der Waals surface area contributed by atoms with Crippen molar-refractivity contribution in [1.29, 1.82) is 0 Å². The Hall–Kier alpha value is -4.01. The number of hydrogen-bond acceptors (Lipinski definition) is 5. The second-order valence-electron chi connectivity index (χ2n) is 17.4. The molecular weight excluding hydrogens is 707 g/mol. The summed E-state index contributed by atoms with van der Waals surface area (Å²) in [6.45, 7) is 13.1. The maximum Gasteiger partial charge on any atom is 0.321 e. The number of benzene rings is 4. The second kappa shape index (κ2) is 18.7. The molecule has 7 nitrogen and oxygen atoms in total. The van der Waals surface area contributed by atoms with Gasteiger partial charge >= 0.3 is 6.03 Å². The van der Waals surface area contributed by atoms with E-state index in [1.54, 1.807) is 0 Å². The zero-order chi connectivity index (χ0) is 39.9. The predicted octanol–water partition coefficient (Wildman–Crippen LogP) is 10.0. The van der Waals surface area contributed by atoms with E-state index in [1.165, 1.54) is 40.7 Å². The Morgan fingerprint density at radius 3 is 2.19 bits per heavy atom. The van der Waals surface area contributed by atoms with E-state index < -0.39 is 5.79 Å². The molecule has 0 spiro atoms. The number of rotatable bonds is 16. The molecule has 2 amide bonds. The molecule has 2 unspecified atom stereocenters. The van der Waals surface area contributed by atoms with Crippen LogP contribution in [-0.2, 0) is 40.2 Å². The van der Waals surface area contributed by atoms with Crippen molar-refractivity contribution in [2.75, 3.05) is 13.2 Å². The van der Waals surface area contributed by atoms with E-state index in [9.17, 15) is 0 Å². The van der Waals surface area contributed by atoms with Crippen molar-refractivity contribution >= 4 is 6.03 Å². The molecule has 2 saturated heterocycles. The van der Waals surface area contributed by atoms with Gasteiger partial charge in [0, 0.05) is 31.7 Å². The molecule has 0 aromatic heterocycles. The fraction of sp³-hybridized carbons (Fsp3) is 0.500. The predicted molar refractivity (Wildman–Crippen MR) is 229 cm³/mol. The number of carbonyl (C=O) groups is 1. The van der Waals surface area contributed by atoms with Gasteiger partial charge in [0.2, 0.25) is 0 Å². The average molecular weight is 772 g/mol. The van der Waals surface area contributed by atoms with Crippen LogP contribution >= 0.6 is 0 Å². The maximum atomic E-state index is 15.6. The van der Waals surface area contributed by atoms with Gasteiger partial charge in [-0.1, -0.05) is 143 Å². The van der Waals surface area contributed by atoms with Crippen molar-refractivity contribution in [1.82, 2.24) is 9.80 Å². The maximum absolute atomic E-state index is 15.6. The lowest BCUT2D eigenvalue weighted by Gasteiger charge is -2.40. The Kier molecular flexibility index (Phi) is 13.5. The van der Waals surface area contributed by atoms with E-state index in [0.29, 0.717) is 44.6 Å². The van der Waals surface area contributed by atoms with E-state index in [1.807, 2.05) is 32.0 Å². The highest BCUT2D eigenvalue weighted by Crippen LogP contribution is 2.43. The summed E-state index contributed by atoms with van der Waals surface area (Å²) in [6.07, 6.45) is 6.16. The zero-order valence-electron chi connectivity index (χ0n) is 34.9. The average Bonchev–Trinajstić information content (AvgIpc) is 3.52. The topological polar surface area (TPSA) is 77.3 Å². The van der Waals surface area contributed by atoms with Gasteiger partial charge < -0.3 is 29.7 Å². The molecule has 3 aliphatic rings. The van der Waals surface area contributed by atoms with Crippen LogP contribution < -0.4 is 5.73 Å². The normalized spacial score (nSPS) is 26.1. The first-order valence-electron chi connectivity index (χ1n) is 21.6. The molecule has 2 aliphatic heterocycles.